The highest BCUT2D eigenvalue weighted by Gasteiger charge is 2.55. The summed E-state index contributed by atoms with van der Waals surface area (Å²) in [5.74, 6) is -3.10. The first-order chi connectivity index (χ1) is 18.0. The number of aliphatic hydroxyl groups is 1. The number of H-pyrrole nitrogens is 1. The molecule has 38 heavy (non-hydrogen) atoms. The molecule has 3 aliphatic rings. The molecule has 1 saturated heterocycles. The number of aromatic amines is 1. The fourth-order valence-electron chi connectivity index (χ4n) is 5.77. The number of alkyl halides is 3. The maximum Gasteiger partial charge on any atom is 0.394 e. The SMILES string of the molecule is COc1cc(-c2cc(C(=O)N3CC[C@H](C(=O)N[C@H]4CC[C@@H](C(F)(F)F)[C@@H](O)C4)CC34CC4)[nH]n2)c(F)cn1. The number of carbonyl (C=O) groups is 2. The van der Waals surface area contributed by atoms with E-state index in [-0.39, 0.29) is 59.8 Å². The van der Waals surface area contributed by atoms with Crippen LogP contribution in [0.15, 0.2) is 18.3 Å². The van der Waals surface area contributed by atoms with E-state index in [9.17, 15) is 32.3 Å². The number of hydrogen-bond donors (Lipinski definition) is 3. The van der Waals surface area contributed by atoms with E-state index in [1.165, 1.54) is 19.2 Å². The van der Waals surface area contributed by atoms with E-state index >= 15 is 0 Å². The molecule has 3 N–H and O–H groups in total. The van der Waals surface area contributed by atoms with E-state index in [2.05, 4.69) is 20.5 Å². The van der Waals surface area contributed by atoms with Crippen LogP contribution in [-0.4, -0.2) is 74.5 Å². The molecule has 0 bridgehead atoms. The van der Waals surface area contributed by atoms with Gasteiger partial charge in [0.1, 0.15) is 5.69 Å². The molecule has 2 aromatic rings. The van der Waals surface area contributed by atoms with Crippen molar-refractivity contribution in [3.8, 4) is 17.1 Å². The lowest BCUT2D eigenvalue weighted by molar-refractivity contribution is -0.209. The fourth-order valence-corrected chi connectivity index (χ4v) is 5.77. The third-order valence-corrected chi connectivity index (χ3v) is 8.05. The number of likely N-dealkylation sites (tertiary alicyclic amines) is 1. The van der Waals surface area contributed by atoms with Gasteiger partial charge in [0.15, 0.2) is 5.82 Å². The predicted octanol–water partition coefficient (Wildman–Crippen LogP) is 3.21. The maximum atomic E-state index is 14.3. The van der Waals surface area contributed by atoms with Crippen molar-refractivity contribution in [2.75, 3.05) is 13.7 Å². The van der Waals surface area contributed by atoms with Gasteiger partial charge in [0.25, 0.3) is 5.91 Å². The second-order valence-corrected chi connectivity index (χ2v) is 10.5. The highest BCUT2D eigenvalue weighted by molar-refractivity contribution is 5.94. The van der Waals surface area contributed by atoms with Gasteiger partial charge in [-0.3, -0.25) is 14.7 Å². The minimum atomic E-state index is -4.46. The Morgan fingerprint density at radius 2 is 2.00 bits per heavy atom. The molecule has 1 aliphatic heterocycles. The molecule has 2 aliphatic carbocycles. The van der Waals surface area contributed by atoms with Gasteiger partial charge in [0.05, 0.1) is 31.0 Å². The number of aliphatic hydroxyl groups excluding tert-OH is 1. The van der Waals surface area contributed by atoms with Crippen LogP contribution < -0.4 is 10.1 Å². The number of aromatic nitrogens is 3. The van der Waals surface area contributed by atoms with Gasteiger partial charge in [-0.05, 0) is 51.0 Å². The summed E-state index contributed by atoms with van der Waals surface area (Å²) >= 11 is 0. The summed E-state index contributed by atoms with van der Waals surface area (Å²) in [5.41, 5.74) is 0.0900. The van der Waals surface area contributed by atoms with Crippen LogP contribution in [0.4, 0.5) is 17.6 Å². The monoisotopic (exact) mass is 539 g/mol. The van der Waals surface area contributed by atoms with Crippen molar-refractivity contribution in [2.24, 2.45) is 11.8 Å². The van der Waals surface area contributed by atoms with Gasteiger partial charge >= 0.3 is 6.18 Å². The highest BCUT2D eigenvalue weighted by atomic mass is 19.4. The van der Waals surface area contributed by atoms with E-state index in [4.69, 9.17) is 4.74 Å². The van der Waals surface area contributed by atoms with Crippen molar-refractivity contribution in [1.82, 2.24) is 25.4 Å². The number of ether oxygens (including phenoxy) is 1. The number of piperidine rings is 1. The van der Waals surface area contributed by atoms with Gasteiger partial charge in [0.2, 0.25) is 11.8 Å². The quantitative estimate of drug-likeness (QED) is 0.502. The Labute approximate surface area is 215 Å². The van der Waals surface area contributed by atoms with Crippen LogP contribution in [0.25, 0.3) is 11.3 Å². The van der Waals surface area contributed by atoms with Crippen molar-refractivity contribution in [3.63, 3.8) is 0 Å². The summed E-state index contributed by atoms with van der Waals surface area (Å²) in [6.07, 6.45) is -2.88. The van der Waals surface area contributed by atoms with Gasteiger partial charge in [-0.25, -0.2) is 9.37 Å². The Hall–Kier alpha value is -3.22. The molecule has 3 heterocycles. The molecular weight excluding hydrogens is 510 g/mol. The van der Waals surface area contributed by atoms with Crippen LogP contribution in [0.5, 0.6) is 5.88 Å². The van der Waals surface area contributed by atoms with E-state index in [0.29, 0.717) is 19.4 Å². The second kappa shape index (κ2) is 9.83. The first kappa shape index (κ1) is 26.4. The average molecular weight is 540 g/mol. The lowest BCUT2D eigenvalue weighted by Gasteiger charge is -2.40. The molecule has 2 amide bonds. The number of rotatable bonds is 5. The number of methoxy groups -OCH3 is 1. The lowest BCUT2D eigenvalue weighted by Crippen LogP contribution is -2.53. The number of hydrogen-bond acceptors (Lipinski definition) is 6. The maximum absolute atomic E-state index is 14.3. The van der Waals surface area contributed by atoms with E-state index in [1.807, 2.05) is 0 Å². The zero-order valence-corrected chi connectivity index (χ0v) is 20.7. The van der Waals surface area contributed by atoms with Crippen LogP contribution in [0, 0.1) is 17.7 Å². The summed E-state index contributed by atoms with van der Waals surface area (Å²) in [4.78, 5) is 31.9. The highest BCUT2D eigenvalue weighted by Crippen LogP contribution is 2.50. The minimum Gasteiger partial charge on any atom is -0.481 e. The van der Waals surface area contributed by atoms with E-state index < -0.39 is 35.6 Å². The molecule has 0 aromatic carbocycles. The number of nitrogens with zero attached hydrogens (tertiary/aromatic N) is 3. The molecule has 13 heteroatoms. The van der Waals surface area contributed by atoms with Gasteiger partial charge in [-0.2, -0.15) is 18.3 Å². The average Bonchev–Trinajstić information content (AvgIpc) is 3.44. The molecule has 0 radical (unpaired) electrons. The topological polar surface area (TPSA) is 120 Å². The standard InChI is InChI=1S/C25H29F4N5O4/c1-38-21-9-15(17(26)12-30-21)18-10-19(33-32-18)23(37)34-7-4-13(11-24(34)5-6-24)22(36)31-14-2-3-16(20(35)8-14)25(27,28)29/h9-10,12-14,16,20,35H,2-8,11H2,1H3,(H,31,36)(H,32,33)/t13-,14-,16+,20-/m0/s1. The zero-order chi connectivity index (χ0) is 27.2. The molecule has 0 unspecified atom stereocenters. The molecule has 2 aromatic heterocycles. The molecule has 3 fully saturated rings. The number of amides is 2. The lowest BCUT2D eigenvalue weighted by atomic mass is 9.82. The molecule has 2 saturated carbocycles. The summed E-state index contributed by atoms with van der Waals surface area (Å²) < 4.78 is 58.4. The predicted molar refractivity (Wildman–Crippen MR) is 125 cm³/mol. The summed E-state index contributed by atoms with van der Waals surface area (Å²) in [7, 11) is 1.41. The largest absolute Gasteiger partial charge is 0.481 e. The Kier molecular flexibility index (Phi) is 6.82. The van der Waals surface area contributed by atoms with E-state index in [0.717, 1.165) is 19.0 Å². The van der Waals surface area contributed by atoms with Crippen molar-refractivity contribution in [3.05, 3.63) is 29.8 Å². The van der Waals surface area contributed by atoms with Crippen LogP contribution in [0.3, 0.4) is 0 Å². The molecular formula is C25H29F4N5O4. The normalized spacial score (nSPS) is 26.7. The molecule has 4 atom stereocenters. The van der Waals surface area contributed by atoms with Crippen LogP contribution in [0.1, 0.15) is 55.4 Å². The third kappa shape index (κ3) is 5.07. The van der Waals surface area contributed by atoms with Crippen molar-refractivity contribution < 1.29 is 37.0 Å². The number of nitrogens with one attached hydrogen (secondary N) is 2. The Bertz CT molecular complexity index is 1210. The Morgan fingerprint density at radius 1 is 1.24 bits per heavy atom. The smallest absolute Gasteiger partial charge is 0.394 e. The molecule has 9 nitrogen and oxygen atoms in total. The van der Waals surface area contributed by atoms with Crippen LogP contribution in [-0.2, 0) is 4.79 Å². The number of carbonyl (C=O) groups excluding carboxylic acids is 2. The zero-order valence-electron chi connectivity index (χ0n) is 20.7. The van der Waals surface area contributed by atoms with Gasteiger partial charge < -0.3 is 20.1 Å². The van der Waals surface area contributed by atoms with Gasteiger partial charge in [-0.1, -0.05) is 0 Å². The van der Waals surface area contributed by atoms with Gasteiger partial charge in [-0.15, -0.1) is 0 Å². The second-order valence-electron chi connectivity index (χ2n) is 10.5. The van der Waals surface area contributed by atoms with E-state index in [1.54, 1.807) is 4.90 Å². The van der Waals surface area contributed by atoms with Crippen LogP contribution in [0.2, 0.25) is 0 Å². The minimum absolute atomic E-state index is 0.134. The molecule has 5 rings (SSSR count). The third-order valence-electron chi connectivity index (χ3n) is 8.05. The summed E-state index contributed by atoms with van der Waals surface area (Å²) in [5, 5.41) is 19.6. The summed E-state index contributed by atoms with van der Waals surface area (Å²) in [6, 6.07) is 2.35. The molecule has 1 spiro atoms. The van der Waals surface area contributed by atoms with Crippen LogP contribution >= 0.6 is 0 Å². The van der Waals surface area contributed by atoms with Gasteiger partial charge in [0, 0.05) is 35.7 Å². The molecule has 206 valence electrons. The van der Waals surface area contributed by atoms with Crippen molar-refractivity contribution in [2.45, 2.75) is 68.8 Å². The van der Waals surface area contributed by atoms with Crippen molar-refractivity contribution >= 4 is 11.8 Å². The number of pyridine rings is 1. The first-order valence-corrected chi connectivity index (χ1v) is 12.6. The Balaban J connectivity index is 1.21. The van der Waals surface area contributed by atoms with Crippen molar-refractivity contribution in [1.29, 1.82) is 0 Å². The fraction of sp³-hybridized carbons (Fsp3) is 0.600. The first-order valence-electron chi connectivity index (χ1n) is 12.6. The Morgan fingerprint density at radius 3 is 2.66 bits per heavy atom. The number of halogens is 4. The summed E-state index contributed by atoms with van der Waals surface area (Å²) in [6.45, 7) is 0.326.